The van der Waals surface area contributed by atoms with Gasteiger partial charge >= 0.3 is 0 Å². The number of nitrogens with two attached hydrogens (primary N) is 1. The molecule has 1 unspecified atom stereocenters. The highest BCUT2D eigenvalue weighted by Gasteiger charge is 2.25. The lowest BCUT2D eigenvalue weighted by molar-refractivity contribution is -0.108. The molecule has 126 valence electrons. The third-order valence-corrected chi connectivity index (χ3v) is 4.25. The number of hydrogen-bond donors (Lipinski definition) is 2. The molecule has 0 bridgehead atoms. The lowest BCUT2D eigenvalue weighted by Gasteiger charge is -2.19. The van der Waals surface area contributed by atoms with Crippen LogP contribution in [0.5, 0.6) is 5.75 Å². The van der Waals surface area contributed by atoms with Crippen molar-refractivity contribution in [3.8, 4) is 5.75 Å². The van der Waals surface area contributed by atoms with Crippen LogP contribution < -0.4 is 16.1 Å². The van der Waals surface area contributed by atoms with Crippen LogP contribution in [0.2, 0.25) is 0 Å². The fourth-order valence-corrected chi connectivity index (χ4v) is 3.03. The van der Waals surface area contributed by atoms with Crippen LogP contribution in [0.3, 0.4) is 0 Å². The molecule has 0 spiro atoms. The van der Waals surface area contributed by atoms with Crippen molar-refractivity contribution in [1.29, 1.82) is 0 Å². The van der Waals surface area contributed by atoms with Gasteiger partial charge in [-0.15, -0.1) is 0 Å². The van der Waals surface area contributed by atoms with E-state index in [2.05, 4.69) is 5.48 Å². The molecule has 0 aliphatic carbocycles. The average Bonchev–Trinajstić information content (AvgIpc) is 2.79. The fraction of sp³-hybridized carbons (Fsp3) is 0.278. The van der Waals surface area contributed by atoms with E-state index >= 15 is 0 Å². The van der Waals surface area contributed by atoms with E-state index in [4.69, 9.17) is 10.6 Å². The first-order chi connectivity index (χ1) is 11.6. The molecule has 0 radical (unpaired) electrons. The van der Waals surface area contributed by atoms with Crippen molar-refractivity contribution >= 4 is 6.29 Å². The number of aldehydes is 1. The highest BCUT2D eigenvalue weighted by Crippen LogP contribution is 2.38. The van der Waals surface area contributed by atoms with Gasteiger partial charge in [-0.2, -0.15) is 5.48 Å². The second kappa shape index (κ2) is 7.07. The molecule has 4 nitrogen and oxygen atoms in total. The summed E-state index contributed by atoms with van der Waals surface area (Å²) < 4.78 is 28.1. The van der Waals surface area contributed by atoms with Crippen molar-refractivity contribution in [2.24, 2.45) is 5.73 Å². The van der Waals surface area contributed by atoms with E-state index in [0.717, 1.165) is 5.56 Å². The van der Waals surface area contributed by atoms with Crippen molar-refractivity contribution in [1.82, 2.24) is 5.48 Å². The predicted molar refractivity (Wildman–Crippen MR) is 85.5 cm³/mol. The van der Waals surface area contributed by atoms with Crippen LogP contribution in [0.15, 0.2) is 36.4 Å². The van der Waals surface area contributed by atoms with Gasteiger partial charge < -0.3 is 15.4 Å². The third-order valence-electron chi connectivity index (χ3n) is 4.25. The number of halogens is 2. The van der Waals surface area contributed by atoms with Gasteiger partial charge in [0.1, 0.15) is 12.1 Å². The largest absolute Gasteiger partial charge is 0.405 e. The summed E-state index contributed by atoms with van der Waals surface area (Å²) in [5.41, 5.74) is 10.4. The van der Waals surface area contributed by atoms with Crippen LogP contribution >= 0.6 is 0 Å². The third kappa shape index (κ3) is 3.16. The molecule has 2 atom stereocenters. The summed E-state index contributed by atoms with van der Waals surface area (Å²) in [5.74, 6) is -0.904. The molecule has 3 N–H and O–H groups in total. The predicted octanol–water partition coefficient (Wildman–Crippen LogP) is 2.97. The van der Waals surface area contributed by atoms with Crippen LogP contribution in [0.25, 0.3) is 0 Å². The lowest BCUT2D eigenvalue weighted by Crippen LogP contribution is -2.18. The normalized spacial score (nSPS) is 18.2. The fourth-order valence-electron chi connectivity index (χ4n) is 3.03. The highest BCUT2D eigenvalue weighted by atomic mass is 19.1. The molecule has 24 heavy (non-hydrogen) atoms. The maximum Gasteiger partial charge on any atom is 0.186 e. The van der Waals surface area contributed by atoms with E-state index < -0.39 is 17.7 Å². The number of carbonyl (C=O) groups is 1. The Morgan fingerprint density at radius 2 is 2.12 bits per heavy atom. The second-order valence-corrected chi connectivity index (χ2v) is 5.79. The summed E-state index contributed by atoms with van der Waals surface area (Å²) in [6, 6.07) is 8.72. The molecule has 1 aliphatic heterocycles. The average molecular weight is 332 g/mol. The number of benzene rings is 2. The van der Waals surface area contributed by atoms with Gasteiger partial charge in [-0.1, -0.05) is 24.3 Å². The summed E-state index contributed by atoms with van der Waals surface area (Å²) in [7, 11) is 0. The van der Waals surface area contributed by atoms with Gasteiger partial charge in [0.15, 0.2) is 11.6 Å². The molecule has 0 fully saturated rings. The van der Waals surface area contributed by atoms with Crippen LogP contribution in [0.4, 0.5) is 8.78 Å². The van der Waals surface area contributed by atoms with Crippen LogP contribution in [0.1, 0.15) is 41.5 Å². The number of para-hydroxylation sites is 1. The number of rotatable bonds is 4. The van der Waals surface area contributed by atoms with Gasteiger partial charge in [-0.3, -0.25) is 0 Å². The minimum absolute atomic E-state index is 0.0426. The quantitative estimate of drug-likeness (QED) is 0.845. The molecule has 1 heterocycles. The van der Waals surface area contributed by atoms with E-state index in [-0.39, 0.29) is 23.7 Å². The Bertz CT molecular complexity index is 752. The van der Waals surface area contributed by atoms with Gasteiger partial charge in [0.05, 0.1) is 0 Å². The Labute approximate surface area is 138 Å². The van der Waals surface area contributed by atoms with Crippen LogP contribution in [-0.2, 0) is 4.79 Å². The van der Waals surface area contributed by atoms with Crippen molar-refractivity contribution in [2.45, 2.75) is 24.8 Å². The topological polar surface area (TPSA) is 64.4 Å². The zero-order valence-electron chi connectivity index (χ0n) is 13.0. The SMILES string of the molecule is N[C@@H](CC=O)c1cc(C2CCNOc3c(F)cccc32)ccc1F. The Morgan fingerprint density at radius 3 is 2.92 bits per heavy atom. The van der Waals surface area contributed by atoms with Gasteiger partial charge in [0.25, 0.3) is 0 Å². The molecule has 0 saturated carbocycles. The molecule has 2 aromatic rings. The smallest absolute Gasteiger partial charge is 0.186 e. The first kappa shape index (κ1) is 16.5. The van der Waals surface area contributed by atoms with Crippen LogP contribution in [0, 0.1) is 11.6 Å². The van der Waals surface area contributed by atoms with E-state index in [0.29, 0.717) is 24.8 Å². The second-order valence-electron chi connectivity index (χ2n) is 5.79. The van der Waals surface area contributed by atoms with E-state index in [1.165, 1.54) is 12.1 Å². The molecule has 3 rings (SSSR count). The summed E-state index contributed by atoms with van der Waals surface area (Å²) in [6.07, 6.45) is 1.37. The summed E-state index contributed by atoms with van der Waals surface area (Å²) >= 11 is 0. The lowest BCUT2D eigenvalue weighted by atomic mass is 9.86. The van der Waals surface area contributed by atoms with Crippen molar-refractivity contribution in [2.75, 3.05) is 6.54 Å². The maximum absolute atomic E-state index is 14.1. The molecule has 2 aromatic carbocycles. The Morgan fingerprint density at radius 1 is 1.29 bits per heavy atom. The molecule has 0 saturated heterocycles. The van der Waals surface area contributed by atoms with E-state index in [1.54, 1.807) is 24.3 Å². The van der Waals surface area contributed by atoms with Crippen molar-refractivity contribution < 1.29 is 18.4 Å². The standard InChI is InChI=1S/C18H18F2N2O2/c19-15-5-4-11(10-14(15)17(21)7-9-23)12-6-8-22-24-18-13(12)2-1-3-16(18)20/h1-5,9-10,12,17,22H,6-8,21H2/t12?,17-/m0/s1. The number of hydroxylamine groups is 1. The maximum atomic E-state index is 14.1. The van der Waals surface area contributed by atoms with Gasteiger partial charge in [-0.05, 0) is 24.1 Å². The van der Waals surface area contributed by atoms with E-state index in [9.17, 15) is 13.6 Å². The number of hydrogen-bond acceptors (Lipinski definition) is 4. The summed E-state index contributed by atoms with van der Waals surface area (Å²) in [4.78, 5) is 16.0. The molecule has 6 heteroatoms. The minimum Gasteiger partial charge on any atom is -0.405 e. The highest BCUT2D eigenvalue weighted by molar-refractivity contribution is 5.52. The van der Waals surface area contributed by atoms with E-state index in [1.807, 2.05) is 0 Å². The van der Waals surface area contributed by atoms with Gasteiger partial charge in [-0.25, -0.2) is 8.78 Å². The minimum atomic E-state index is -0.699. The monoisotopic (exact) mass is 332 g/mol. The summed E-state index contributed by atoms with van der Waals surface area (Å²) in [5, 5.41) is 0. The molecule has 0 aromatic heterocycles. The Balaban J connectivity index is 2.05. The zero-order chi connectivity index (χ0) is 17.1. The first-order valence-corrected chi connectivity index (χ1v) is 7.78. The van der Waals surface area contributed by atoms with Crippen LogP contribution in [-0.4, -0.2) is 12.8 Å². The number of carbonyl (C=O) groups excluding carboxylic acids is 1. The zero-order valence-corrected chi connectivity index (χ0v) is 13.0. The molecule has 0 amide bonds. The van der Waals surface area contributed by atoms with Gasteiger partial charge in [0, 0.05) is 36.1 Å². The molecular formula is C18H18F2N2O2. The van der Waals surface area contributed by atoms with Crippen molar-refractivity contribution in [3.05, 3.63) is 64.7 Å². The number of nitrogens with one attached hydrogen (secondary N) is 1. The molecular weight excluding hydrogens is 314 g/mol. The first-order valence-electron chi connectivity index (χ1n) is 7.78. The Hall–Kier alpha value is -2.31. The molecule has 1 aliphatic rings. The van der Waals surface area contributed by atoms with Gasteiger partial charge in [0.2, 0.25) is 0 Å². The Kier molecular flexibility index (Phi) is 4.87. The number of fused-ring (bicyclic) bond motifs is 1. The van der Waals surface area contributed by atoms with Crippen molar-refractivity contribution in [3.63, 3.8) is 0 Å². The summed E-state index contributed by atoms with van der Waals surface area (Å²) in [6.45, 7) is 0.520.